The molecule has 0 radical (unpaired) electrons. The second-order valence-electron chi connectivity index (χ2n) is 4.86. The molecule has 2 heterocycles. The Morgan fingerprint density at radius 2 is 2.14 bits per heavy atom. The molecule has 1 saturated heterocycles. The fourth-order valence-corrected chi connectivity index (χ4v) is 2.43. The number of hydrogen-bond donors (Lipinski definition) is 1. The van der Waals surface area contributed by atoms with E-state index < -0.39 is 18.1 Å². The molecule has 2 rings (SSSR count). The number of likely N-dealkylation sites (tertiary alicyclic amines) is 1. The molecule has 1 aliphatic heterocycles. The second kappa shape index (κ2) is 6.64. The molecule has 2 atom stereocenters. The number of pyridine rings is 1. The van der Waals surface area contributed by atoms with E-state index in [1.807, 2.05) is 0 Å². The molecule has 7 heteroatoms. The number of esters is 2. The van der Waals surface area contributed by atoms with Crippen LogP contribution in [0, 0.1) is 0 Å². The molecule has 1 fully saturated rings. The summed E-state index contributed by atoms with van der Waals surface area (Å²) in [7, 11) is 2.61. The Morgan fingerprint density at radius 1 is 1.38 bits per heavy atom. The maximum absolute atomic E-state index is 11.7. The average Bonchev–Trinajstić information content (AvgIpc) is 2.86. The zero-order chi connectivity index (χ0) is 15.4. The molecule has 0 amide bonds. The van der Waals surface area contributed by atoms with E-state index in [4.69, 9.17) is 4.74 Å². The van der Waals surface area contributed by atoms with Crippen molar-refractivity contribution in [1.29, 1.82) is 0 Å². The molecular weight excluding hydrogens is 276 g/mol. The Hall–Kier alpha value is -1.99. The lowest BCUT2D eigenvalue weighted by Crippen LogP contribution is -2.36. The normalized spacial score (nSPS) is 22.0. The van der Waals surface area contributed by atoms with Gasteiger partial charge in [-0.05, 0) is 12.1 Å². The van der Waals surface area contributed by atoms with Gasteiger partial charge in [0.25, 0.3) is 0 Å². The van der Waals surface area contributed by atoms with Gasteiger partial charge < -0.3 is 14.6 Å². The molecule has 0 bridgehead atoms. The molecule has 1 aromatic heterocycles. The molecular formula is C14H18N2O5. The highest BCUT2D eigenvalue weighted by atomic mass is 16.5. The molecule has 114 valence electrons. The summed E-state index contributed by atoms with van der Waals surface area (Å²) in [6.07, 6.45) is -0.235. The molecule has 0 aromatic carbocycles. The van der Waals surface area contributed by atoms with Crippen molar-refractivity contribution in [3.63, 3.8) is 0 Å². The van der Waals surface area contributed by atoms with Gasteiger partial charge in [-0.2, -0.15) is 0 Å². The van der Waals surface area contributed by atoms with Crippen molar-refractivity contribution < 1.29 is 24.2 Å². The Morgan fingerprint density at radius 3 is 2.81 bits per heavy atom. The van der Waals surface area contributed by atoms with Crippen molar-refractivity contribution in [3.05, 3.63) is 29.6 Å². The van der Waals surface area contributed by atoms with Crippen LogP contribution in [0.3, 0.4) is 0 Å². The van der Waals surface area contributed by atoms with Crippen LogP contribution < -0.4 is 0 Å². The Bertz CT molecular complexity index is 534. The first kappa shape index (κ1) is 15.4. The van der Waals surface area contributed by atoms with Gasteiger partial charge in [-0.3, -0.25) is 9.69 Å². The lowest BCUT2D eigenvalue weighted by atomic mass is 10.2. The zero-order valence-corrected chi connectivity index (χ0v) is 12.0. The summed E-state index contributed by atoms with van der Waals surface area (Å²) < 4.78 is 9.37. The first-order chi connectivity index (χ1) is 10.0. The quantitative estimate of drug-likeness (QED) is 0.780. The third-order valence-corrected chi connectivity index (χ3v) is 3.42. The summed E-state index contributed by atoms with van der Waals surface area (Å²) in [6.45, 7) is 0.714. The van der Waals surface area contributed by atoms with Gasteiger partial charge in [-0.1, -0.05) is 6.07 Å². The van der Waals surface area contributed by atoms with Gasteiger partial charge >= 0.3 is 11.9 Å². The molecule has 1 aliphatic rings. The van der Waals surface area contributed by atoms with E-state index in [1.54, 1.807) is 23.1 Å². The molecule has 2 unspecified atom stereocenters. The number of aromatic nitrogens is 1. The summed E-state index contributed by atoms with van der Waals surface area (Å²) in [5.74, 6) is -0.890. The largest absolute Gasteiger partial charge is 0.468 e. The van der Waals surface area contributed by atoms with Crippen molar-refractivity contribution in [1.82, 2.24) is 9.88 Å². The maximum atomic E-state index is 11.7. The van der Waals surface area contributed by atoms with Crippen LogP contribution in [0.15, 0.2) is 18.2 Å². The zero-order valence-electron chi connectivity index (χ0n) is 12.0. The predicted molar refractivity (Wildman–Crippen MR) is 72.4 cm³/mol. The summed E-state index contributed by atoms with van der Waals surface area (Å²) in [4.78, 5) is 29.2. The minimum absolute atomic E-state index is 0.212. The highest BCUT2D eigenvalue weighted by Gasteiger charge is 2.36. The summed E-state index contributed by atoms with van der Waals surface area (Å²) in [6, 6.07) is 4.53. The van der Waals surface area contributed by atoms with E-state index in [-0.39, 0.29) is 11.7 Å². The number of aliphatic hydroxyl groups is 1. The number of nitrogens with zero attached hydrogens (tertiary/aromatic N) is 2. The fraction of sp³-hybridized carbons (Fsp3) is 0.500. The van der Waals surface area contributed by atoms with Crippen molar-refractivity contribution in [2.45, 2.75) is 25.1 Å². The maximum Gasteiger partial charge on any atom is 0.356 e. The molecule has 21 heavy (non-hydrogen) atoms. The number of aliphatic hydroxyl groups excluding tert-OH is 1. The van der Waals surface area contributed by atoms with Crippen LogP contribution in [0.5, 0.6) is 0 Å². The van der Waals surface area contributed by atoms with Crippen LogP contribution in [-0.2, 0) is 20.8 Å². The van der Waals surface area contributed by atoms with Crippen molar-refractivity contribution in [2.75, 3.05) is 20.8 Å². The van der Waals surface area contributed by atoms with Crippen molar-refractivity contribution >= 4 is 11.9 Å². The molecule has 1 aromatic rings. The minimum Gasteiger partial charge on any atom is -0.468 e. The van der Waals surface area contributed by atoms with Crippen molar-refractivity contribution in [3.8, 4) is 0 Å². The van der Waals surface area contributed by atoms with Gasteiger partial charge in [0.2, 0.25) is 0 Å². The van der Waals surface area contributed by atoms with Gasteiger partial charge in [0, 0.05) is 19.5 Å². The van der Waals surface area contributed by atoms with Gasteiger partial charge in [-0.15, -0.1) is 0 Å². The topological polar surface area (TPSA) is 89.0 Å². The third kappa shape index (κ3) is 3.56. The SMILES string of the molecule is COC(=O)c1cccc(CN2CC(O)CC2C(=O)OC)n1. The van der Waals surface area contributed by atoms with Gasteiger partial charge in [0.15, 0.2) is 0 Å². The van der Waals surface area contributed by atoms with E-state index in [0.29, 0.717) is 25.2 Å². The first-order valence-electron chi connectivity index (χ1n) is 6.59. The second-order valence-corrected chi connectivity index (χ2v) is 4.86. The summed E-state index contributed by atoms with van der Waals surface area (Å²) in [5.41, 5.74) is 0.838. The van der Waals surface area contributed by atoms with E-state index in [0.717, 1.165) is 0 Å². The van der Waals surface area contributed by atoms with Crippen LogP contribution in [0.1, 0.15) is 22.6 Å². The lowest BCUT2D eigenvalue weighted by molar-refractivity contribution is -0.146. The molecule has 0 aliphatic carbocycles. The van der Waals surface area contributed by atoms with E-state index in [9.17, 15) is 14.7 Å². The Labute approximate surface area is 122 Å². The number of β-amino-alcohol motifs (C(OH)–C–C–N with tert-alkyl or cyclic N) is 1. The third-order valence-electron chi connectivity index (χ3n) is 3.42. The number of ether oxygens (including phenoxy) is 2. The molecule has 0 spiro atoms. The number of rotatable bonds is 4. The minimum atomic E-state index is -0.571. The van der Waals surface area contributed by atoms with Crippen LogP contribution in [-0.4, -0.2) is 59.8 Å². The summed E-state index contributed by atoms with van der Waals surface area (Å²) in [5, 5.41) is 9.73. The Kier molecular flexibility index (Phi) is 4.87. The van der Waals surface area contributed by atoms with Gasteiger partial charge in [0.05, 0.1) is 26.0 Å². The molecule has 1 N–H and O–H groups in total. The van der Waals surface area contributed by atoms with E-state index in [2.05, 4.69) is 9.72 Å². The van der Waals surface area contributed by atoms with Gasteiger partial charge in [0.1, 0.15) is 11.7 Å². The number of carbonyl (C=O) groups excluding carboxylic acids is 2. The van der Waals surface area contributed by atoms with Crippen molar-refractivity contribution in [2.24, 2.45) is 0 Å². The number of hydrogen-bond acceptors (Lipinski definition) is 7. The monoisotopic (exact) mass is 294 g/mol. The molecule has 0 saturated carbocycles. The first-order valence-corrected chi connectivity index (χ1v) is 6.59. The van der Waals surface area contributed by atoms with Crippen LogP contribution in [0.25, 0.3) is 0 Å². The number of carbonyl (C=O) groups is 2. The smallest absolute Gasteiger partial charge is 0.356 e. The van der Waals surface area contributed by atoms with Crippen LogP contribution in [0.4, 0.5) is 0 Å². The standard InChI is InChI=1S/C14H18N2O5/c1-20-13(18)11-5-3-4-9(15-11)7-16-8-10(17)6-12(16)14(19)21-2/h3-5,10,12,17H,6-8H2,1-2H3. The predicted octanol–water partition coefficient (Wildman–Crippen LogP) is -0.0236. The highest BCUT2D eigenvalue weighted by molar-refractivity contribution is 5.87. The van der Waals surface area contributed by atoms with Crippen LogP contribution in [0.2, 0.25) is 0 Å². The fourth-order valence-electron chi connectivity index (χ4n) is 2.43. The summed E-state index contributed by atoms with van der Waals surface area (Å²) >= 11 is 0. The average molecular weight is 294 g/mol. The van der Waals surface area contributed by atoms with Gasteiger partial charge in [-0.25, -0.2) is 9.78 Å². The Balaban J connectivity index is 2.13. The highest BCUT2D eigenvalue weighted by Crippen LogP contribution is 2.21. The van der Waals surface area contributed by atoms with Crippen LogP contribution >= 0.6 is 0 Å². The van der Waals surface area contributed by atoms with E-state index >= 15 is 0 Å². The number of methoxy groups -OCH3 is 2. The molecule has 7 nitrogen and oxygen atoms in total. The van der Waals surface area contributed by atoms with E-state index in [1.165, 1.54) is 14.2 Å². The lowest BCUT2D eigenvalue weighted by Gasteiger charge is -2.21.